The van der Waals surface area contributed by atoms with Crippen molar-refractivity contribution < 1.29 is 5.11 Å². The number of hydrogen-bond acceptors (Lipinski definition) is 3. The first-order chi connectivity index (χ1) is 7.18. The number of phenolic OH excluding ortho intramolecular Hbond substituents is 1. The Hall–Kier alpha value is -2.16. The molecular weight excluding hydrogens is 188 g/mol. The zero-order chi connectivity index (χ0) is 10.8. The van der Waals surface area contributed by atoms with Gasteiger partial charge >= 0.3 is 0 Å². The summed E-state index contributed by atoms with van der Waals surface area (Å²) in [5, 5.41) is 9.17. The molecule has 0 saturated heterocycles. The van der Waals surface area contributed by atoms with Crippen molar-refractivity contribution in [3.05, 3.63) is 42.5 Å². The molecule has 5 N–H and O–H groups in total. The van der Waals surface area contributed by atoms with Crippen LogP contribution in [0.2, 0.25) is 0 Å². The summed E-state index contributed by atoms with van der Waals surface area (Å²) in [6.45, 7) is 0. The van der Waals surface area contributed by atoms with Crippen LogP contribution in [0.3, 0.4) is 0 Å². The smallest absolute Gasteiger partial charge is 0.115 e. The highest BCUT2D eigenvalue weighted by Crippen LogP contribution is 2.30. The van der Waals surface area contributed by atoms with Gasteiger partial charge in [-0.1, -0.05) is 24.3 Å². The molecule has 0 spiro atoms. The maximum Gasteiger partial charge on any atom is 0.115 e. The largest absolute Gasteiger partial charge is 0.508 e. The van der Waals surface area contributed by atoms with Gasteiger partial charge in [-0.15, -0.1) is 0 Å². The molecule has 0 aliphatic rings. The minimum atomic E-state index is 0.237. The number of phenols is 1. The van der Waals surface area contributed by atoms with Crippen molar-refractivity contribution in [3.8, 4) is 16.9 Å². The van der Waals surface area contributed by atoms with Crippen LogP contribution in [0.15, 0.2) is 42.5 Å². The minimum Gasteiger partial charge on any atom is -0.508 e. The fourth-order valence-electron chi connectivity index (χ4n) is 1.48. The second-order valence-corrected chi connectivity index (χ2v) is 3.36. The lowest BCUT2D eigenvalue weighted by atomic mass is 10.0. The minimum absolute atomic E-state index is 0.237. The van der Waals surface area contributed by atoms with E-state index < -0.39 is 0 Å². The van der Waals surface area contributed by atoms with E-state index in [0.29, 0.717) is 11.4 Å². The summed E-state index contributed by atoms with van der Waals surface area (Å²) < 4.78 is 0. The molecule has 0 unspecified atom stereocenters. The second kappa shape index (κ2) is 3.53. The number of benzene rings is 2. The molecule has 0 bridgehead atoms. The van der Waals surface area contributed by atoms with E-state index in [2.05, 4.69) is 0 Å². The Bertz CT molecular complexity index is 477. The number of para-hydroxylation sites is 1. The molecule has 0 amide bonds. The Morgan fingerprint density at radius 2 is 1.53 bits per heavy atom. The number of aromatic hydroxyl groups is 1. The van der Waals surface area contributed by atoms with Gasteiger partial charge in [-0.05, 0) is 23.8 Å². The first kappa shape index (κ1) is 9.40. The first-order valence-electron chi connectivity index (χ1n) is 4.62. The van der Waals surface area contributed by atoms with Crippen LogP contribution < -0.4 is 11.5 Å². The van der Waals surface area contributed by atoms with Crippen LogP contribution in [0.1, 0.15) is 0 Å². The summed E-state index contributed by atoms with van der Waals surface area (Å²) in [7, 11) is 0. The lowest BCUT2D eigenvalue weighted by molar-refractivity contribution is 0.475. The van der Waals surface area contributed by atoms with E-state index in [-0.39, 0.29) is 5.75 Å². The summed E-state index contributed by atoms with van der Waals surface area (Å²) in [4.78, 5) is 0. The lowest BCUT2D eigenvalue weighted by Crippen LogP contribution is -1.96. The number of nitrogen functional groups attached to an aromatic ring is 2. The van der Waals surface area contributed by atoms with Crippen LogP contribution in [0.5, 0.6) is 5.75 Å². The van der Waals surface area contributed by atoms with Gasteiger partial charge < -0.3 is 16.6 Å². The predicted molar refractivity (Wildman–Crippen MR) is 62.4 cm³/mol. The molecule has 76 valence electrons. The van der Waals surface area contributed by atoms with Crippen molar-refractivity contribution in [2.75, 3.05) is 11.5 Å². The van der Waals surface area contributed by atoms with E-state index >= 15 is 0 Å². The fraction of sp³-hybridized carbons (Fsp3) is 0. The molecule has 3 heteroatoms. The standard InChI is InChI=1S/C12H12N2O/c13-11-3-1-2-10(12(11)14)8-4-6-9(15)7-5-8/h1-7,15H,13-14H2. The number of anilines is 2. The van der Waals surface area contributed by atoms with Crippen molar-refractivity contribution in [1.29, 1.82) is 0 Å². The van der Waals surface area contributed by atoms with Crippen molar-refractivity contribution in [1.82, 2.24) is 0 Å². The van der Waals surface area contributed by atoms with Crippen LogP contribution in [0, 0.1) is 0 Å². The quantitative estimate of drug-likeness (QED) is 0.618. The summed E-state index contributed by atoms with van der Waals surface area (Å²) in [6, 6.07) is 12.4. The molecule has 0 fully saturated rings. The fourth-order valence-corrected chi connectivity index (χ4v) is 1.48. The third kappa shape index (κ3) is 1.72. The maximum atomic E-state index is 9.17. The van der Waals surface area contributed by atoms with Crippen molar-refractivity contribution in [3.63, 3.8) is 0 Å². The van der Waals surface area contributed by atoms with Crippen LogP contribution in [-0.4, -0.2) is 5.11 Å². The van der Waals surface area contributed by atoms with Gasteiger partial charge in [0.05, 0.1) is 11.4 Å². The van der Waals surface area contributed by atoms with E-state index in [9.17, 15) is 5.11 Å². The molecule has 15 heavy (non-hydrogen) atoms. The van der Waals surface area contributed by atoms with Gasteiger partial charge in [-0.2, -0.15) is 0 Å². The van der Waals surface area contributed by atoms with E-state index in [1.165, 1.54) is 0 Å². The van der Waals surface area contributed by atoms with Gasteiger partial charge in [0.1, 0.15) is 5.75 Å². The van der Waals surface area contributed by atoms with Gasteiger partial charge in [0.15, 0.2) is 0 Å². The number of hydrogen-bond donors (Lipinski definition) is 3. The van der Waals surface area contributed by atoms with Gasteiger partial charge in [0, 0.05) is 5.56 Å². The highest BCUT2D eigenvalue weighted by atomic mass is 16.3. The molecular formula is C12H12N2O. The van der Waals surface area contributed by atoms with Crippen molar-refractivity contribution in [2.45, 2.75) is 0 Å². The maximum absolute atomic E-state index is 9.17. The van der Waals surface area contributed by atoms with Crippen LogP contribution >= 0.6 is 0 Å². The summed E-state index contributed by atoms with van der Waals surface area (Å²) in [5.41, 5.74) is 14.5. The molecule has 2 aromatic rings. The average molecular weight is 200 g/mol. The summed E-state index contributed by atoms with van der Waals surface area (Å²) in [5.74, 6) is 0.237. The molecule has 0 aromatic heterocycles. The van der Waals surface area contributed by atoms with E-state index in [4.69, 9.17) is 11.5 Å². The first-order valence-corrected chi connectivity index (χ1v) is 4.62. The van der Waals surface area contributed by atoms with E-state index in [1.54, 1.807) is 30.3 Å². The molecule has 0 radical (unpaired) electrons. The normalized spacial score (nSPS) is 10.1. The van der Waals surface area contributed by atoms with Gasteiger partial charge in [-0.3, -0.25) is 0 Å². The Labute approximate surface area is 88.0 Å². The second-order valence-electron chi connectivity index (χ2n) is 3.36. The number of rotatable bonds is 1. The molecule has 2 aromatic carbocycles. The summed E-state index contributed by atoms with van der Waals surface area (Å²) in [6.07, 6.45) is 0. The Morgan fingerprint density at radius 1 is 0.867 bits per heavy atom. The molecule has 0 heterocycles. The number of nitrogens with two attached hydrogens (primary N) is 2. The van der Waals surface area contributed by atoms with Gasteiger partial charge in [0.25, 0.3) is 0 Å². The van der Waals surface area contributed by atoms with E-state index in [0.717, 1.165) is 11.1 Å². The zero-order valence-corrected chi connectivity index (χ0v) is 8.14. The molecule has 0 saturated carbocycles. The third-order valence-electron chi connectivity index (χ3n) is 2.32. The Balaban J connectivity index is 2.54. The molecule has 0 aliphatic carbocycles. The van der Waals surface area contributed by atoms with Crippen LogP contribution in [0.25, 0.3) is 11.1 Å². The zero-order valence-electron chi connectivity index (χ0n) is 8.14. The monoisotopic (exact) mass is 200 g/mol. The Kier molecular flexibility index (Phi) is 2.21. The Morgan fingerprint density at radius 3 is 2.20 bits per heavy atom. The van der Waals surface area contributed by atoms with Crippen LogP contribution in [-0.2, 0) is 0 Å². The van der Waals surface area contributed by atoms with E-state index in [1.807, 2.05) is 12.1 Å². The summed E-state index contributed by atoms with van der Waals surface area (Å²) >= 11 is 0. The predicted octanol–water partition coefficient (Wildman–Crippen LogP) is 2.22. The van der Waals surface area contributed by atoms with Gasteiger partial charge in [-0.25, -0.2) is 0 Å². The molecule has 3 nitrogen and oxygen atoms in total. The highest BCUT2D eigenvalue weighted by molar-refractivity contribution is 5.84. The van der Waals surface area contributed by atoms with Crippen LogP contribution in [0.4, 0.5) is 11.4 Å². The SMILES string of the molecule is Nc1cccc(-c2ccc(O)cc2)c1N. The molecule has 0 atom stereocenters. The van der Waals surface area contributed by atoms with Crippen molar-refractivity contribution >= 4 is 11.4 Å². The van der Waals surface area contributed by atoms with Gasteiger partial charge in [0.2, 0.25) is 0 Å². The molecule has 2 rings (SSSR count). The topological polar surface area (TPSA) is 72.3 Å². The third-order valence-corrected chi connectivity index (χ3v) is 2.32. The highest BCUT2D eigenvalue weighted by Gasteiger charge is 2.04. The average Bonchev–Trinajstić information content (AvgIpc) is 2.24. The van der Waals surface area contributed by atoms with Crippen molar-refractivity contribution in [2.24, 2.45) is 0 Å². The lowest BCUT2D eigenvalue weighted by Gasteiger charge is -2.07. The molecule has 0 aliphatic heterocycles.